The highest BCUT2D eigenvalue weighted by Gasteiger charge is 2.22. The van der Waals surface area contributed by atoms with Crippen LogP contribution in [0.3, 0.4) is 0 Å². The molecule has 0 atom stereocenters. The lowest BCUT2D eigenvalue weighted by Gasteiger charge is -2.22. The van der Waals surface area contributed by atoms with E-state index in [2.05, 4.69) is 97.3 Å². The van der Waals surface area contributed by atoms with E-state index in [1.807, 2.05) is 0 Å². The molecule has 2 N–H and O–H groups in total. The van der Waals surface area contributed by atoms with E-state index < -0.39 is 0 Å². The number of rotatable bonds is 6. The highest BCUT2D eigenvalue weighted by Crippen LogP contribution is 2.39. The maximum Gasteiger partial charge on any atom is 0.258 e. The monoisotopic (exact) mass is 648 g/mol. The van der Waals surface area contributed by atoms with E-state index >= 15 is 0 Å². The molecule has 0 fully saturated rings. The lowest BCUT2D eigenvalue weighted by atomic mass is 9.91. The highest BCUT2D eigenvalue weighted by molar-refractivity contribution is 5.79. The van der Waals surface area contributed by atoms with Crippen molar-refractivity contribution in [1.29, 1.82) is 0 Å². The summed E-state index contributed by atoms with van der Waals surface area (Å²) < 4.78 is 25.8. The second kappa shape index (κ2) is 15.7. The molecule has 0 saturated heterocycles. The van der Waals surface area contributed by atoms with Gasteiger partial charge in [-0.1, -0.05) is 86.6 Å². The van der Waals surface area contributed by atoms with E-state index in [1.54, 1.807) is 0 Å². The summed E-state index contributed by atoms with van der Waals surface area (Å²) in [5, 5.41) is 5.72. The van der Waals surface area contributed by atoms with Gasteiger partial charge in [0.05, 0.1) is 13.2 Å². The van der Waals surface area contributed by atoms with Crippen LogP contribution in [-0.4, -0.2) is 51.3 Å². The summed E-state index contributed by atoms with van der Waals surface area (Å²) >= 11 is 0. The molecule has 4 aromatic carbocycles. The van der Waals surface area contributed by atoms with Gasteiger partial charge in [-0.15, -0.1) is 0 Å². The molecule has 8 heteroatoms. The number of para-hydroxylation sites is 4. The summed E-state index contributed by atoms with van der Waals surface area (Å²) in [5.74, 6) is 2.52. The third-order valence-electron chi connectivity index (χ3n) is 8.60. The molecule has 1 aliphatic carbocycles. The zero-order chi connectivity index (χ0) is 33.3. The maximum absolute atomic E-state index is 12.9. The second-order valence-corrected chi connectivity index (χ2v) is 12.3. The first kappa shape index (κ1) is 32.9. The van der Waals surface area contributed by atoms with Gasteiger partial charge in [-0.2, -0.15) is 0 Å². The highest BCUT2D eigenvalue weighted by atomic mass is 16.5. The van der Waals surface area contributed by atoms with Crippen molar-refractivity contribution in [2.75, 3.05) is 39.5 Å². The zero-order valence-electron chi connectivity index (χ0n) is 27.9. The van der Waals surface area contributed by atoms with Crippen LogP contribution in [0, 0.1) is 0 Å². The van der Waals surface area contributed by atoms with E-state index in [0.717, 1.165) is 68.8 Å². The van der Waals surface area contributed by atoms with Crippen LogP contribution in [0.5, 0.6) is 23.0 Å². The number of hydrogen-bond donors (Lipinski definition) is 2. The third kappa shape index (κ3) is 7.76. The van der Waals surface area contributed by atoms with Crippen LogP contribution < -0.4 is 29.6 Å². The van der Waals surface area contributed by atoms with Gasteiger partial charge in [-0.3, -0.25) is 9.59 Å². The van der Waals surface area contributed by atoms with Crippen LogP contribution in [0.4, 0.5) is 0 Å². The van der Waals surface area contributed by atoms with Gasteiger partial charge in [-0.05, 0) is 57.3 Å². The summed E-state index contributed by atoms with van der Waals surface area (Å²) in [5.41, 5.74) is 8.00. The first-order valence-electron chi connectivity index (χ1n) is 17.0. The predicted molar refractivity (Wildman–Crippen MR) is 186 cm³/mol. The zero-order valence-corrected chi connectivity index (χ0v) is 27.9. The molecule has 10 bridgehead atoms. The molecule has 8 nitrogen and oxygen atoms in total. The van der Waals surface area contributed by atoms with Gasteiger partial charge in [0.2, 0.25) is 0 Å². The molecule has 2 aliphatic rings. The Morgan fingerprint density at radius 2 is 0.833 bits per heavy atom. The molecule has 0 unspecified atom stereocenters. The molecular weight excluding hydrogens is 604 g/mol. The second-order valence-electron chi connectivity index (χ2n) is 12.3. The molecule has 1 aliphatic heterocycles. The van der Waals surface area contributed by atoms with Crippen LogP contribution in [0.2, 0.25) is 0 Å². The van der Waals surface area contributed by atoms with Crippen molar-refractivity contribution in [2.45, 2.75) is 52.4 Å². The minimum atomic E-state index is -0.265. The Hall–Kier alpha value is -4.98. The third-order valence-corrected chi connectivity index (χ3v) is 8.60. The Morgan fingerprint density at radius 1 is 0.521 bits per heavy atom. The van der Waals surface area contributed by atoms with E-state index in [-0.39, 0.29) is 38.1 Å². The average molecular weight is 649 g/mol. The summed E-state index contributed by atoms with van der Waals surface area (Å²) in [6.45, 7) is 5.59. The number of hydrogen-bond acceptors (Lipinski definition) is 6. The molecule has 4 aromatic rings. The van der Waals surface area contributed by atoms with Crippen molar-refractivity contribution in [3.8, 4) is 23.0 Å². The summed E-state index contributed by atoms with van der Waals surface area (Å²) in [7, 11) is 0. The quantitative estimate of drug-likeness (QED) is 0.237. The van der Waals surface area contributed by atoms with Gasteiger partial charge >= 0.3 is 0 Å². The van der Waals surface area contributed by atoms with Crippen LogP contribution >= 0.6 is 0 Å². The van der Waals surface area contributed by atoms with Crippen LogP contribution in [-0.2, 0) is 35.3 Å². The van der Waals surface area contributed by atoms with Crippen LogP contribution in [0.15, 0.2) is 72.8 Å². The minimum absolute atomic E-state index is 0.156. The van der Waals surface area contributed by atoms with E-state index in [1.165, 1.54) is 0 Å². The molecule has 0 spiro atoms. The Labute approximate surface area is 282 Å². The van der Waals surface area contributed by atoms with Crippen LogP contribution in [0.1, 0.15) is 71.2 Å². The van der Waals surface area contributed by atoms with Crippen molar-refractivity contribution >= 4 is 11.8 Å². The van der Waals surface area contributed by atoms with Gasteiger partial charge in [0, 0.05) is 38.8 Å². The van der Waals surface area contributed by atoms with E-state index in [9.17, 15) is 9.59 Å². The maximum atomic E-state index is 12.9. The Bertz CT molecular complexity index is 1550. The van der Waals surface area contributed by atoms with Gasteiger partial charge in [0.25, 0.3) is 11.8 Å². The fraction of sp³-hybridized carbons (Fsp3) is 0.350. The van der Waals surface area contributed by atoms with Crippen molar-refractivity contribution in [3.05, 3.63) is 117 Å². The Kier molecular flexibility index (Phi) is 10.8. The smallest absolute Gasteiger partial charge is 0.258 e. The summed E-state index contributed by atoms with van der Waals surface area (Å²) in [6.07, 6.45) is 3.95. The SMILES string of the molecule is CCCOc1c2cccc1Cc1cccc3c1OCC(=O)NCCNC(=O)COc1c(cccc1Cc1cccc(c1OCCC)C3)C2. The Balaban J connectivity index is 1.60. The molecule has 1 heterocycles. The number of fused-ring (bicyclic) bond motifs is 2. The average Bonchev–Trinajstić information content (AvgIpc) is 3.08. The number of nitrogens with one attached hydrogen (secondary N) is 2. The fourth-order valence-electron chi connectivity index (χ4n) is 6.42. The molecule has 0 saturated carbocycles. The molecule has 2 amide bonds. The van der Waals surface area contributed by atoms with Crippen molar-refractivity contribution in [1.82, 2.24) is 10.6 Å². The molecule has 48 heavy (non-hydrogen) atoms. The fourth-order valence-corrected chi connectivity index (χ4v) is 6.42. The molecular formula is C40H44N2O6. The molecule has 0 aromatic heterocycles. The molecule has 6 rings (SSSR count). The number of ether oxygens (including phenoxy) is 4. The van der Waals surface area contributed by atoms with Crippen molar-refractivity contribution in [3.63, 3.8) is 0 Å². The number of carbonyl (C=O) groups is 2. The molecule has 250 valence electrons. The number of benzene rings is 4. The number of amides is 2. The predicted octanol–water partition coefficient (Wildman–Crippen LogP) is 5.94. The topological polar surface area (TPSA) is 95.1 Å². The van der Waals surface area contributed by atoms with E-state index in [0.29, 0.717) is 50.4 Å². The summed E-state index contributed by atoms with van der Waals surface area (Å²) in [4.78, 5) is 25.9. The minimum Gasteiger partial charge on any atom is -0.493 e. The largest absolute Gasteiger partial charge is 0.493 e. The van der Waals surface area contributed by atoms with Crippen molar-refractivity contribution < 1.29 is 28.5 Å². The van der Waals surface area contributed by atoms with Gasteiger partial charge in [0.1, 0.15) is 23.0 Å². The number of carbonyl (C=O) groups excluding carboxylic acids is 2. The first-order chi connectivity index (χ1) is 23.5. The lowest BCUT2D eigenvalue weighted by molar-refractivity contribution is -0.124. The molecule has 0 radical (unpaired) electrons. The van der Waals surface area contributed by atoms with Gasteiger partial charge < -0.3 is 29.6 Å². The van der Waals surface area contributed by atoms with Gasteiger partial charge in [-0.25, -0.2) is 0 Å². The lowest BCUT2D eigenvalue weighted by Crippen LogP contribution is -2.38. The summed E-state index contributed by atoms with van der Waals surface area (Å²) in [6, 6.07) is 24.9. The standard InChI is InChI=1S/C40H44N2O6/c1-3-19-45-37-27-9-5-10-28(37)22-32-14-8-16-34-24-30-12-6-11-29(38(30)46-20-4-2)23-33-15-7-13-31(21-27)39(33)47-25-35(43)41-17-18-42-36(44)26-48-40(32)34/h5-16H,3-4,17-26H2,1-2H3,(H,41,43)(H,42,44). The van der Waals surface area contributed by atoms with Crippen molar-refractivity contribution in [2.24, 2.45) is 0 Å². The Morgan fingerprint density at radius 3 is 1.15 bits per heavy atom. The van der Waals surface area contributed by atoms with Crippen LogP contribution in [0.25, 0.3) is 0 Å². The first-order valence-corrected chi connectivity index (χ1v) is 17.0. The normalized spacial score (nSPS) is 14.9. The van der Waals surface area contributed by atoms with Gasteiger partial charge in [0.15, 0.2) is 13.2 Å². The van der Waals surface area contributed by atoms with E-state index in [4.69, 9.17) is 18.9 Å².